The van der Waals surface area contributed by atoms with Crippen LogP contribution in [0.2, 0.25) is 15.1 Å². The highest BCUT2D eigenvalue weighted by atomic mass is 35.5. The molecule has 3 aliphatic rings. The average Bonchev–Trinajstić information content (AvgIpc) is 0.755. The van der Waals surface area contributed by atoms with E-state index in [1.165, 1.54) is 86.5 Å². The number of carbonyl (C=O) groups is 3. The minimum absolute atomic E-state index is 0.166. The van der Waals surface area contributed by atoms with Crippen molar-refractivity contribution in [2.75, 3.05) is 135 Å². The highest BCUT2D eigenvalue weighted by Gasteiger charge is 2.37. The Balaban J connectivity index is 0.000000161. The van der Waals surface area contributed by atoms with Crippen molar-refractivity contribution in [3.05, 3.63) is 274 Å². The molecule has 3 fully saturated rings. The lowest BCUT2D eigenvalue weighted by atomic mass is 10.1. The molecule has 32 heteroatoms. The molecule has 3 aromatic heterocycles. The summed E-state index contributed by atoms with van der Waals surface area (Å²) in [5.41, 5.74) is 0.678. The Morgan fingerprint density at radius 3 is 1.00 bits per heavy atom. The topological polar surface area (TPSA) is 273 Å². The average molecular weight is 1540 g/mol. The Morgan fingerprint density at radius 2 is 0.694 bits per heavy atom. The van der Waals surface area contributed by atoms with Gasteiger partial charge in [-0.3, -0.25) is 63.7 Å². The molecular weight excluding hydrogens is 1460 g/mol. The van der Waals surface area contributed by atoms with Gasteiger partial charge < -0.3 is 48.3 Å². The monoisotopic (exact) mass is 1540 g/mol. The van der Waals surface area contributed by atoms with E-state index in [9.17, 15) is 72.3 Å². The molecule has 7 aromatic carbocycles. The van der Waals surface area contributed by atoms with E-state index >= 15 is 0 Å². The number of nitrogens with zero attached hydrogens (tertiary/aromatic N) is 14. The number of pyridine rings is 3. The number of rotatable bonds is 18. The van der Waals surface area contributed by atoms with Crippen molar-refractivity contribution in [2.24, 2.45) is 0 Å². The number of aromatic nitrogens is 3. The Hall–Kier alpha value is -11.2. The Labute approximate surface area is 631 Å². The van der Waals surface area contributed by atoms with Crippen LogP contribution in [0.1, 0.15) is 43.1 Å². The molecule has 108 heavy (non-hydrogen) atoms. The minimum atomic E-state index is -0.705. The molecule has 0 atom stereocenters. The smallest absolute Gasteiger partial charge is 0.357 e. The molecule has 562 valence electrons. The fourth-order valence-electron chi connectivity index (χ4n) is 13.6. The second-order valence-corrected chi connectivity index (χ2v) is 27.8. The number of benzene rings is 7. The second kappa shape index (κ2) is 34.1. The first-order valence-corrected chi connectivity index (χ1v) is 35.5. The molecule has 10 aromatic rings. The molecule has 0 bridgehead atoms. The molecule has 26 nitrogen and oxygen atoms in total. The number of halogens is 6. The highest BCUT2D eigenvalue weighted by molar-refractivity contribution is 6.32. The van der Waals surface area contributed by atoms with Gasteiger partial charge in [-0.25, -0.2) is 13.2 Å². The van der Waals surface area contributed by atoms with Gasteiger partial charge in [-0.05, 0) is 174 Å². The van der Waals surface area contributed by atoms with Crippen LogP contribution < -0.4 is 31.4 Å². The largest absolute Gasteiger partial charge is 0.362 e. The summed E-state index contributed by atoms with van der Waals surface area (Å²) >= 11 is 18.8. The maximum atomic E-state index is 13.5. The summed E-state index contributed by atoms with van der Waals surface area (Å²) in [7, 11) is 7.57. The van der Waals surface area contributed by atoms with Crippen molar-refractivity contribution in [1.29, 1.82) is 0 Å². The van der Waals surface area contributed by atoms with E-state index in [-0.39, 0.29) is 87.1 Å². The van der Waals surface area contributed by atoms with Crippen LogP contribution in [-0.2, 0) is 19.6 Å². The fourth-order valence-corrected chi connectivity index (χ4v) is 14.1. The van der Waals surface area contributed by atoms with Crippen LogP contribution in [0.3, 0.4) is 0 Å². The molecule has 13 rings (SSSR count). The highest BCUT2D eigenvalue weighted by Crippen LogP contribution is 2.40. The standard InChI is InChI=1S/C27H22ClFN4O4.C25H27ClFN5O4.C24H25ClFN5O4/c28-20-8-11-23-22(16-20)24(25(33(36)37)27(35)32(23)17-18-4-2-1-3-5-18)30-12-14-31(15-13-30)26(34)19-6-9-21(29)10-7-19;1-28(2)10-3-11-31-21-9-6-18(26)16-20(21)22(23(25(31)34)32(35)36)29-12-14-30(15-13-29)24(33)17-4-7-19(27)8-5-17;1-27(2)9-14-30-20-8-5-17(25)15-19(20)21(22(24(30)33)31(34)35)28-10-12-29(13-11-28)23(32)16-3-6-18(26)7-4-16/h1-11,16H,12-15,17H2;4-9,16H,3,10-15H2,1-2H3;3-8,15H,9-14H2,1-2H3. The molecule has 3 saturated heterocycles. The molecule has 0 unspecified atom stereocenters. The first-order chi connectivity index (χ1) is 51.7. The molecule has 3 aliphatic heterocycles. The van der Waals surface area contributed by atoms with Gasteiger partial charge in [0.05, 0.1) is 37.9 Å². The van der Waals surface area contributed by atoms with E-state index in [0.717, 1.165) is 12.1 Å². The summed E-state index contributed by atoms with van der Waals surface area (Å²) in [6, 6.07) is 40.2. The van der Waals surface area contributed by atoms with Crippen molar-refractivity contribution in [3.8, 4) is 0 Å². The summed E-state index contributed by atoms with van der Waals surface area (Å²) in [5.74, 6) is -2.02. The van der Waals surface area contributed by atoms with Crippen molar-refractivity contribution < 1.29 is 42.3 Å². The Bertz CT molecular complexity index is 5270. The van der Waals surface area contributed by atoms with Gasteiger partial charge in [0.2, 0.25) is 0 Å². The first kappa shape index (κ1) is 77.8. The van der Waals surface area contributed by atoms with Gasteiger partial charge in [0.1, 0.15) is 34.5 Å². The van der Waals surface area contributed by atoms with Gasteiger partial charge in [-0.2, -0.15) is 0 Å². The third-order valence-corrected chi connectivity index (χ3v) is 19.6. The van der Waals surface area contributed by atoms with Gasteiger partial charge in [0.15, 0.2) is 0 Å². The normalized spacial score (nSPS) is 13.9. The van der Waals surface area contributed by atoms with Crippen molar-refractivity contribution >= 4 is 119 Å². The van der Waals surface area contributed by atoms with Crippen LogP contribution in [0.25, 0.3) is 32.7 Å². The summed E-state index contributed by atoms with van der Waals surface area (Å²) in [6.45, 7) is 5.46. The zero-order valence-electron chi connectivity index (χ0n) is 59.2. The maximum Gasteiger partial charge on any atom is 0.357 e. The van der Waals surface area contributed by atoms with Gasteiger partial charge >= 0.3 is 33.7 Å². The van der Waals surface area contributed by atoms with Gasteiger partial charge in [-0.15, -0.1) is 0 Å². The van der Waals surface area contributed by atoms with Crippen LogP contribution >= 0.6 is 34.8 Å². The van der Waals surface area contributed by atoms with Gasteiger partial charge in [0.25, 0.3) is 17.7 Å². The molecule has 0 radical (unpaired) electrons. The molecule has 6 heterocycles. The number of amides is 3. The molecule has 3 amide bonds. The Kier molecular flexibility index (Phi) is 24.6. The van der Waals surface area contributed by atoms with E-state index in [1.807, 2.05) is 68.3 Å². The lowest BCUT2D eigenvalue weighted by Gasteiger charge is -2.36. The summed E-state index contributed by atoms with van der Waals surface area (Å²) < 4.78 is 44.0. The quantitative estimate of drug-likeness (QED) is 0.0570. The number of anilines is 3. The van der Waals surface area contributed by atoms with E-state index in [1.54, 1.807) is 84.0 Å². The summed E-state index contributed by atoms with van der Waals surface area (Å²) in [5, 5.41) is 39.2. The fraction of sp³-hybridized carbons (Fsp3) is 0.289. The maximum absolute atomic E-state index is 13.5. The van der Waals surface area contributed by atoms with Crippen LogP contribution in [0, 0.1) is 47.8 Å². The predicted molar refractivity (Wildman–Crippen MR) is 410 cm³/mol. The number of hydrogen-bond donors (Lipinski definition) is 0. The van der Waals surface area contributed by atoms with E-state index in [4.69, 9.17) is 34.8 Å². The lowest BCUT2D eigenvalue weighted by molar-refractivity contribution is -0.385. The third-order valence-electron chi connectivity index (χ3n) is 18.9. The molecule has 0 aliphatic carbocycles. The summed E-state index contributed by atoms with van der Waals surface area (Å²) in [4.78, 5) is 127. The zero-order valence-corrected chi connectivity index (χ0v) is 61.4. The number of hydrogen-bond acceptors (Lipinski definition) is 17. The first-order valence-electron chi connectivity index (χ1n) is 34.4. The number of fused-ring (bicyclic) bond motifs is 3. The van der Waals surface area contributed by atoms with Crippen LogP contribution in [0.5, 0.6) is 0 Å². The van der Waals surface area contributed by atoms with Crippen molar-refractivity contribution in [3.63, 3.8) is 0 Å². The zero-order chi connectivity index (χ0) is 77.4. The number of piperazine rings is 3. The number of carbonyl (C=O) groups excluding carboxylic acids is 3. The molecule has 0 saturated carbocycles. The van der Waals surface area contributed by atoms with E-state index < -0.39 is 66.0 Å². The van der Waals surface area contributed by atoms with Crippen LogP contribution in [0.15, 0.2) is 172 Å². The van der Waals surface area contributed by atoms with E-state index in [0.29, 0.717) is 123 Å². The van der Waals surface area contributed by atoms with Gasteiger partial charge in [0, 0.05) is 146 Å². The second-order valence-electron chi connectivity index (χ2n) is 26.5. The number of likely N-dealkylation sites (N-methyl/N-ethyl adjacent to an activating group) is 1. The summed E-state index contributed by atoms with van der Waals surface area (Å²) in [6.07, 6.45) is 0.644. The molecule has 0 N–H and O–H groups in total. The van der Waals surface area contributed by atoms with E-state index in [2.05, 4.69) is 0 Å². The minimum Gasteiger partial charge on any atom is -0.362 e. The van der Waals surface area contributed by atoms with Crippen molar-refractivity contribution in [1.82, 2.24) is 38.2 Å². The molecular formula is C76H74Cl3F3N14O12. The van der Waals surface area contributed by atoms with Crippen LogP contribution in [-0.4, -0.2) is 191 Å². The lowest BCUT2D eigenvalue weighted by Crippen LogP contribution is -2.49. The third kappa shape index (κ3) is 17.4. The van der Waals surface area contributed by atoms with Gasteiger partial charge in [-0.1, -0.05) is 65.1 Å². The van der Waals surface area contributed by atoms with Crippen molar-refractivity contribution in [2.45, 2.75) is 26.1 Å². The van der Waals surface area contributed by atoms with Crippen LogP contribution in [0.4, 0.5) is 47.3 Å². The predicted octanol–water partition coefficient (Wildman–Crippen LogP) is 11.6. The number of aryl methyl sites for hydroxylation is 1. The number of nitro groups is 3. The molecule has 0 spiro atoms. The SMILES string of the molecule is CN(C)CCCn1c(=O)c([N+](=O)[O-])c(N2CCN(C(=O)c3ccc(F)cc3)CC2)c2cc(Cl)ccc21.CN(C)CCn1c(=O)c([N+](=O)[O-])c(N2CCN(C(=O)c3ccc(F)cc3)CC2)c2cc(Cl)ccc21.O=C(c1ccc(F)cc1)N1CCN(c2c([N+](=O)[O-])c(=O)n(Cc3ccccc3)c3ccc(Cl)cc23)CC1. The Morgan fingerprint density at radius 1 is 0.398 bits per heavy atom.